The maximum Gasteiger partial charge on any atom is 0.323 e. The number of fused-ring (bicyclic) bond motifs is 1. The van der Waals surface area contributed by atoms with Gasteiger partial charge in [0.2, 0.25) is 0 Å². The lowest BCUT2D eigenvalue weighted by Crippen LogP contribution is -2.43. The SMILES string of the molecule is CCOC(=O)C1(C(=O)OCC)CC2=CC3(CC3)CC(C)(C(=O)OC)[C@@H]2C1. The third kappa shape index (κ3) is 2.74. The van der Waals surface area contributed by atoms with Gasteiger partial charge < -0.3 is 14.2 Å². The van der Waals surface area contributed by atoms with Crippen LogP contribution in [0.2, 0.25) is 0 Å². The fourth-order valence-corrected chi connectivity index (χ4v) is 4.97. The van der Waals surface area contributed by atoms with Crippen LogP contribution in [0.3, 0.4) is 0 Å². The lowest BCUT2D eigenvalue weighted by molar-refractivity contribution is -0.173. The van der Waals surface area contributed by atoms with E-state index in [0.29, 0.717) is 6.42 Å². The van der Waals surface area contributed by atoms with Crippen molar-refractivity contribution in [3.8, 4) is 0 Å². The van der Waals surface area contributed by atoms with Crippen LogP contribution in [0.4, 0.5) is 0 Å². The standard InChI is InChI=1S/C20H28O6/c1-5-25-16(22)20(17(23)26-6-2)10-13-9-19(7-8-19)12-18(3,14(13)11-20)15(21)24-4/h9,14H,5-8,10-12H2,1-4H3/t14-,18?/m1/s1. The number of allylic oxidation sites excluding steroid dienone is 2. The maximum absolute atomic E-state index is 12.8. The van der Waals surface area contributed by atoms with Crippen molar-refractivity contribution in [2.24, 2.45) is 22.2 Å². The number of rotatable bonds is 5. The fraction of sp³-hybridized carbons (Fsp3) is 0.750. The molecular weight excluding hydrogens is 336 g/mol. The molecule has 0 saturated heterocycles. The van der Waals surface area contributed by atoms with Crippen LogP contribution in [0.5, 0.6) is 0 Å². The molecule has 0 N–H and O–H groups in total. The van der Waals surface area contributed by atoms with Crippen molar-refractivity contribution >= 4 is 17.9 Å². The summed E-state index contributed by atoms with van der Waals surface area (Å²) in [5, 5.41) is 0. The summed E-state index contributed by atoms with van der Waals surface area (Å²) in [5.41, 5.74) is -1.09. The van der Waals surface area contributed by atoms with Gasteiger partial charge in [-0.15, -0.1) is 0 Å². The van der Waals surface area contributed by atoms with Crippen LogP contribution in [-0.4, -0.2) is 38.2 Å². The Bertz CT molecular complexity index is 641. The van der Waals surface area contributed by atoms with Gasteiger partial charge in [0, 0.05) is 0 Å². The van der Waals surface area contributed by atoms with Gasteiger partial charge in [0.05, 0.1) is 25.7 Å². The summed E-state index contributed by atoms with van der Waals surface area (Å²) in [6, 6.07) is 0. The van der Waals surface area contributed by atoms with Crippen molar-refractivity contribution in [3.05, 3.63) is 11.6 Å². The van der Waals surface area contributed by atoms with Crippen LogP contribution in [0.25, 0.3) is 0 Å². The molecule has 6 heteroatoms. The summed E-state index contributed by atoms with van der Waals surface area (Å²) in [7, 11) is 1.39. The second kappa shape index (κ2) is 6.39. The van der Waals surface area contributed by atoms with Crippen LogP contribution >= 0.6 is 0 Å². The third-order valence-electron chi connectivity index (χ3n) is 6.36. The van der Waals surface area contributed by atoms with E-state index in [2.05, 4.69) is 6.08 Å². The van der Waals surface area contributed by atoms with E-state index in [-0.39, 0.29) is 43.4 Å². The number of hydrogen-bond donors (Lipinski definition) is 0. The van der Waals surface area contributed by atoms with Gasteiger partial charge in [-0.3, -0.25) is 14.4 Å². The van der Waals surface area contributed by atoms with Crippen molar-refractivity contribution < 1.29 is 28.6 Å². The van der Waals surface area contributed by atoms with E-state index in [1.54, 1.807) is 13.8 Å². The van der Waals surface area contributed by atoms with E-state index in [4.69, 9.17) is 14.2 Å². The largest absolute Gasteiger partial charge is 0.469 e. The molecule has 0 amide bonds. The first-order valence-corrected chi connectivity index (χ1v) is 9.41. The number of methoxy groups -OCH3 is 1. The van der Waals surface area contributed by atoms with Crippen molar-refractivity contribution in [2.75, 3.05) is 20.3 Å². The Kier molecular flexibility index (Phi) is 4.65. The van der Waals surface area contributed by atoms with Gasteiger partial charge in [-0.05, 0) is 64.2 Å². The zero-order valence-corrected chi connectivity index (χ0v) is 16.1. The number of carbonyl (C=O) groups excluding carboxylic acids is 3. The molecule has 2 fully saturated rings. The smallest absolute Gasteiger partial charge is 0.323 e. The molecule has 0 bridgehead atoms. The molecule has 0 aromatic carbocycles. The molecule has 2 saturated carbocycles. The van der Waals surface area contributed by atoms with E-state index in [1.165, 1.54) is 7.11 Å². The van der Waals surface area contributed by atoms with Crippen molar-refractivity contribution in [1.82, 2.24) is 0 Å². The predicted molar refractivity (Wildman–Crippen MR) is 92.9 cm³/mol. The Balaban J connectivity index is 2.03. The van der Waals surface area contributed by atoms with E-state index in [1.807, 2.05) is 6.92 Å². The highest BCUT2D eigenvalue weighted by atomic mass is 16.6. The molecule has 1 unspecified atom stereocenters. The monoisotopic (exact) mass is 364 g/mol. The molecule has 1 spiro atoms. The highest BCUT2D eigenvalue weighted by Gasteiger charge is 2.65. The maximum atomic E-state index is 12.8. The number of esters is 3. The first-order valence-electron chi connectivity index (χ1n) is 9.41. The van der Waals surface area contributed by atoms with Crippen LogP contribution in [-0.2, 0) is 28.6 Å². The molecule has 0 aliphatic heterocycles. The molecule has 0 aromatic rings. The van der Waals surface area contributed by atoms with Gasteiger partial charge in [-0.25, -0.2) is 0 Å². The second-order valence-corrected chi connectivity index (χ2v) is 8.12. The van der Waals surface area contributed by atoms with Gasteiger partial charge in [-0.2, -0.15) is 0 Å². The summed E-state index contributed by atoms with van der Waals surface area (Å²) in [4.78, 5) is 38.2. The summed E-state index contributed by atoms with van der Waals surface area (Å²) in [6.45, 7) is 5.73. The Morgan fingerprint density at radius 3 is 2.12 bits per heavy atom. The average molecular weight is 364 g/mol. The Hall–Kier alpha value is -1.85. The Labute approximate surface area is 154 Å². The van der Waals surface area contributed by atoms with Crippen LogP contribution in [0.15, 0.2) is 11.6 Å². The van der Waals surface area contributed by atoms with Crippen LogP contribution < -0.4 is 0 Å². The minimum absolute atomic E-state index is 0.00811. The average Bonchev–Trinajstić information content (AvgIpc) is 3.20. The highest BCUT2D eigenvalue weighted by Crippen LogP contribution is 2.66. The fourth-order valence-electron chi connectivity index (χ4n) is 4.97. The number of ether oxygens (including phenoxy) is 3. The molecule has 0 radical (unpaired) electrons. The molecule has 3 aliphatic carbocycles. The molecule has 0 aromatic heterocycles. The van der Waals surface area contributed by atoms with E-state index in [0.717, 1.165) is 18.4 Å². The molecule has 0 heterocycles. The molecule has 26 heavy (non-hydrogen) atoms. The first kappa shape index (κ1) is 18.9. The van der Waals surface area contributed by atoms with Gasteiger partial charge in [-0.1, -0.05) is 11.6 Å². The van der Waals surface area contributed by atoms with Crippen molar-refractivity contribution in [1.29, 1.82) is 0 Å². The van der Waals surface area contributed by atoms with Gasteiger partial charge in [0.1, 0.15) is 0 Å². The Morgan fingerprint density at radius 1 is 1.08 bits per heavy atom. The quantitative estimate of drug-likeness (QED) is 0.323. The molecule has 144 valence electrons. The number of carbonyl (C=O) groups is 3. The zero-order chi connectivity index (χ0) is 19.2. The van der Waals surface area contributed by atoms with Crippen LogP contribution in [0, 0.1) is 22.2 Å². The first-order chi connectivity index (χ1) is 12.3. The second-order valence-electron chi connectivity index (χ2n) is 8.12. The van der Waals surface area contributed by atoms with Crippen molar-refractivity contribution in [2.45, 2.75) is 52.9 Å². The van der Waals surface area contributed by atoms with Crippen molar-refractivity contribution in [3.63, 3.8) is 0 Å². The molecular formula is C20H28O6. The van der Waals surface area contributed by atoms with E-state index >= 15 is 0 Å². The zero-order valence-electron chi connectivity index (χ0n) is 16.1. The van der Waals surface area contributed by atoms with Crippen LogP contribution in [0.1, 0.15) is 52.9 Å². The summed E-state index contributed by atoms with van der Waals surface area (Å²) in [6.07, 6.45) is 5.47. The lowest BCUT2D eigenvalue weighted by atomic mass is 9.63. The Morgan fingerprint density at radius 2 is 1.65 bits per heavy atom. The summed E-state index contributed by atoms with van der Waals surface area (Å²) < 4.78 is 15.6. The highest BCUT2D eigenvalue weighted by molar-refractivity contribution is 6.01. The normalized spacial score (nSPS) is 30.2. The molecule has 3 rings (SSSR count). The predicted octanol–water partition coefficient (Wildman–Crippen LogP) is 2.80. The van der Waals surface area contributed by atoms with E-state index < -0.39 is 22.8 Å². The summed E-state index contributed by atoms with van der Waals surface area (Å²) >= 11 is 0. The molecule has 3 aliphatic rings. The molecule has 6 nitrogen and oxygen atoms in total. The lowest BCUT2D eigenvalue weighted by Gasteiger charge is -2.40. The minimum atomic E-state index is -1.36. The molecule has 2 atom stereocenters. The van der Waals surface area contributed by atoms with Gasteiger partial charge in [0.25, 0.3) is 0 Å². The van der Waals surface area contributed by atoms with Gasteiger partial charge in [0.15, 0.2) is 5.41 Å². The third-order valence-corrected chi connectivity index (χ3v) is 6.36. The van der Waals surface area contributed by atoms with E-state index in [9.17, 15) is 14.4 Å². The number of hydrogen-bond acceptors (Lipinski definition) is 6. The topological polar surface area (TPSA) is 78.9 Å². The van der Waals surface area contributed by atoms with Gasteiger partial charge >= 0.3 is 17.9 Å². The minimum Gasteiger partial charge on any atom is -0.469 e. The summed E-state index contributed by atoms with van der Waals surface area (Å²) in [5.74, 6) is -1.59.